The van der Waals surface area contributed by atoms with Gasteiger partial charge < -0.3 is 15.6 Å². The van der Waals surface area contributed by atoms with Crippen LogP contribution in [-0.4, -0.2) is 39.0 Å². The highest BCUT2D eigenvalue weighted by atomic mass is 32.2. The summed E-state index contributed by atoms with van der Waals surface area (Å²) in [6.45, 7) is 0.578. The van der Waals surface area contributed by atoms with Crippen LogP contribution < -0.4 is 15.2 Å². The second kappa shape index (κ2) is 8.78. The Bertz CT molecular complexity index is 491. The highest BCUT2D eigenvalue weighted by molar-refractivity contribution is 7.89. The van der Waals surface area contributed by atoms with Crippen LogP contribution in [0.5, 0.6) is 5.75 Å². The Labute approximate surface area is 120 Å². The number of unbranched alkanes of at least 4 members (excludes halogenated alkanes) is 2. The van der Waals surface area contributed by atoms with E-state index in [9.17, 15) is 8.42 Å². The van der Waals surface area contributed by atoms with Crippen molar-refractivity contribution in [1.29, 1.82) is 0 Å². The van der Waals surface area contributed by atoms with Crippen molar-refractivity contribution in [3.63, 3.8) is 0 Å². The third-order valence-corrected chi connectivity index (χ3v) is 4.03. The smallest absolute Gasteiger partial charge is 0.214 e. The molecule has 0 atom stereocenters. The van der Waals surface area contributed by atoms with Crippen LogP contribution in [0.4, 0.5) is 5.69 Å². The molecule has 1 aromatic rings. The molecule has 114 valence electrons. The number of benzene rings is 1. The SMILES string of the molecule is Nc1ccccc1OCCS(=O)(=O)NCCCCCO. The van der Waals surface area contributed by atoms with Crippen LogP contribution in [0.2, 0.25) is 0 Å². The number of para-hydroxylation sites is 2. The Morgan fingerprint density at radius 3 is 2.65 bits per heavy atom. The predicted octanol–water partition coefficient (Wildman–Crippen LogP) is 0.730. The summed E-state index contributed by atoms with van der Waals surface area (Å²) < 4.78 is 31.2. The van der Waals surface area contributed by atoms with E-state index in [-0.39, 0.29) is 19.0 Å². The van der Waals surface area contributed by atoms with Gasteiger partial charge in [0.1, 0.15) is 12.4 Å². The molecule has 0 aliphatic carbocycles. The summed E-state index contributed by atoms with van der Waals surface area (Å²) >= 11 is 0. The van der Waals surface area contributed by atoms with E-state index in [1.807, 2.05) is 0 Å². The lowest BCUT2D eigenvalue weighted by Gasteiger charge is -2.09. The van der Waals surface area contributed by atoms with Crippen LogP contribution in [-0.2, 0) is 10.0 Å². The Kier molecular flexibility index (Phi) is 7.35. The number of nitrogens with one attached hydrogen (secondary N) is 1. The molecular formula is C13H22N2O4S. The van der Waals surface area contributed by atoms with Gasteiger partial charge in [-0.25, -0.2) is 13.1 Å². The van der Waals surface area contributed by atoms with Crippen LogP contribution in [0, 0.1) is 0 Å². The third kappa shape index (κ3) is 6.74. The summed E-state index contributed by atoms with van der Waals surface area (Å²) in [4.78, 5) is 0. The lowest BCUT2D eigenvalue weighted by Crippen LogP contribution is -2.29. The van der Waals surface area contributed by atoms with Gasteiger partial charge in [0.25, 0.3) is 0 Å². The van der Waals surface area contributed by atoms with Crippen LogP contribution in [0.25, 0.3) is 0 Å². The molecule has 0 spiro atoms. The van der Waals surface area contributed by atoms with E-state index in [1.54, 1.807) is 24.3 Å². The molecule has 7 heteroatoms. The van der Waals surface area contributed by atoms with E-state index >= 15 is 0 Å². The summed E-state index contributed by atoms with van der Waals surface area (Å²) in [5.41, 5.74) is 6.17. The fraction of sp³-hybridized carbons (Fsp3) is 0.538. The topological polar surface area (TPSA) is 102 Å². The first-order chi connectivity index (χ1) is 9.55. The summed E-state index contributed by atoms with van der Waals surface area (Å²) in [5.74, 6) is 0.382. The number of nitrogen functional groups attached to an aromatic ring is 1. The largest absolute Gasteiger partial charge is 0.490 e. The van der Waals surface area contributed by atoms with Gasteiger partial charge in [0, 0.05) is 13.2 Å². The standard InChI is InChI=1S/C13H22N2O4S/c14-12-6-2-3-7-13(12)19-10-11-20(17,18)15-8-4-1-5-9-16/h2-3,6-7,15-16H,1,4-5,8-11,14H2. The number of aliphatic hydroxyl groups is 1. The number of aliphatic hydroxyl groups excluding tert-OH is 1. The van der Waals surface area contributed by atoms with E-state index in [4.69, 9.17) is 15.6 Å². The zero-order valence-electron chi connectivity index (χ0n) is 11.4. The van der Waals surface area contributed by atoms with E-state index in [1.165, 1.54) is 0 Å². The van der Waals surface area contributed by atoms with E-state index in [0.717, 1.165) is 6.42 Å². The second-order valence-electron chi connectivity index (χ2n) is 4.38. The minimum Gasteiger partial charge on any atom is -0.490 e. The summed E-state index contributed by atoms with van der Waals surface area (Å²) in [7, 11) is -3.33. The van der Waals surface area contributed by atoms with Crippen LogP contribution >= 0.6 is 0 Å². The van der Waals surface area contributed by atoms with E-state index in [0.29, 0.717) is 30.8 Å². The minimum absolute atomic E-state index is 0.0557. The molecule has 0 heterocycles. The molecule has 0 radical (unpaired) electrons. The normalized spacial score (nSPS) is 11.4. The monoisotopic (exact) mass is 302 g/mol. The van der Waals surface area contributed by atoms with Crippen molar-refractivity contribution in [2.75, 3.05) is 31.2 Å². The van der Waals surface area contributed by atoms with Gasteiger partial charge in [0.2, 0.25) is 10.0 Å². The molecule has 0 saturated heterocycles. The van der Waals surface area contributed by atoms with Crippen molar-refractivity contribution in [2.45, 2.75) is 19.3 Å². The van der Waals surface area contributed by atoms with Crippen LogP contribution in [0.1, 0.15) is 19.3 Å². The maximum Gasteiger partial charge on any atom is 0.214 e. The van der Waals surface area contributed by atoms with Gasteiger partial charge in [0.05, 0.1) is 11.4 Å². The molecule has 0 aromatic heterocycles. The van der Waals surface area contributed by atoms with Gasteiger partial charge in [-0.2, -0.15) is 0 Å². The van der Waals surface area contributed by atoms with Crippen molar-refractivity contribution in [1.82, 2.24) is 4.72 Å². The molecule has 6 nitrogen and oxygen atoms in total. The number of anilines is 1. The van der Waals surface area contributed by atoms with Crippen molar-refractivity contribution in [2.24, 2.45) is 0 Å². The molecule has 0 aliphatic heterocycles. The fourth-order valence-electron chi connectivity index (χ4n) is 1.59. The molecule has 0 bridgehead atoms. The maximum atomic E-state index is 11.7. The highest BCUT2D eigenvalue weighted by Crippen LogP contribution is 2.19. The lowest BCUT2D eigenvalue weighted by molar-refractivity contribution is 0.283. The molecule has 0 unspecified atom stereocenters. The number of nitrogens with two attached hydrogens (primary N) is 1. The second-order valence-corrected chi connectivity index (χ2v) is 6.31. The number of rotatable bonds is 10. The first-order valence-corrected chi connectivity index (χ1v) is 8.26. The molecule has 0 amide bonds. The Hall–Kier alpha value is -1.31. The molecule has 0 aliphatic rings. The number of hydrogen-bond acceptors (Lipinski definition) is 5. The van der Waals surface area contributed by atoms with Crippen molar-refractivity contribution >= 4 is 15.7 Å². The van der Waals surface area contributed by atoms with Crippen molar-refractivity contribution in [3.05, 3.63) is 24.3 Å². The molecule has 1 rings (SSSR count). The first-order valence-electron chi connectivity index (χ1n) is 6.60. The maximum absolute atomic E-state index is 11.7. The van der Waals surface area contributed by atoms with E-state index in [2.05, 4.69) is 4.72 Å². The predicted molar refractivity (Wildman–Crippen MR) is 79.1 cm³/mol. The number of hydrogen-bond donors (Lipinski definition) is 3. The molecule has 4 N–H and O–H groups in total. The average molecular weight is 302 g/mol. The Morgan fingerprint density at radius 2 is 1.95 bits per heavy atom. The Morgan fingerprint density at radius 1 is 1.20 bits per heavy atom. The molecule has 20 heavy (non-hydrogen) atoms. The van der Waals surface area contributed by atoms with E-state index < -0.39 is 10.0 Å². The molecular weight excluding hydrogens is 280 g/mol. The Balaban J connectivity index is 2.24. The zero-order valence-corrected chi connectivity index (χ0v) is 12.2. The summed E-state index contributed by atoms with van der Waals surface area (Å²) in [5, 5.41) is 8.61. The molecule has 1 aromatic carbocycles. The average Bonchev–Trinajstić information content (AvgIpc) is 2.40. The number of sulfonamides is 1. The minimum atomic E-state index is -3.33. The summed E-state index contributed by atoms with van der Waals surface area (Å²) in [6, 6.07) is 6.96. The first kappa shape index (κ1) is 16.7. The summed E-state index contributed by atoms with van der Waals surface area (Å²) in [6.07, 6.45) is 2.21. The van der Waals surface area contributed by atoms with Crippen LogP contribution in [0.15, 0.2) is 24.3 Å². The van der Waals surface area contributed by atoms with Gasteiger partial charge in [-0.05, 0) is 31.4 Å². The van der Waals surface area contributed by atoms with Crippen molar-refractivity contribution in [3.8, 4) is 5.75 Å². The van der Waals surface area contributed by atoms with Gasteiger partial charge in [-0.3, -0.25) is 0 Å². The number of ether oxygens (including phenoxy) is 1. The highest BCUT2D eigenvalue weighted by Gasteiger charge is 2.10. The van der Waals surface area contributed by atoms with Gasteiger partial charge in [0.15, 0.2) is 0 Å². The van der Waals surface area contributed by atoms with Gasteiger partial charge in [-0.1, -0.05) is 12.1 Å². The van der Waals surface area contributed by atoms with Crippen molar-refractivity contribution < 1.29 is 18.3 Å². The lowest BCUT2D eigenvalue weighted by atomic mass is 10.2. The van der Waals surface area contributed by atoms with Gasteiger partial charge >= 0.3 is 0 Å². The molecule has 0 saturated carbocycles. The van der Waals surface area contributed by atoms with Crippen LogP contribution in [0.3, 0.4) is 0 Å². The molecule has 0 fully saturated rings. The quantitative estimate of drug-likeness (QED) is 0.437. The third-order valence-electron chi connectivity index (χ3n) is 2.69. The fourth-order valence-corrected chi connectivity index (χ4v) is 2.49. The van der Waals surface area contributed by atoms with Gasteiger partial charge in [-0.15, -0.1) is 0 Å². The zero-order chi connectivity index (χ0) is 14.8.